The second kappa shape index (κ2) is 4.93. The van der Waals surface area contributed by atoms with E-state index in [0.29, 0.717) is 6.42 Å². The molecule has 1 heterocycles. The molecule has 1 aliphatic carbocycles. The Hall–Kier alpha value is -0.653. The van der Waals surface area contributed by atoms with E-state index < -0.39 is 19.7 Å². The van der Waals surface area contributed by atoms with Gasteiger partial charge in [0, 0.05) is 11.8 Å². The van der Waals surface area contributed by atoms with Crippen molar-refractivity contribution in [1.29, 1.82) is 0 Å². The van der Waals surface area contributed by atoms with Crippen molar-refractivity contribution >= 4 is 14.3 Å². The number of aliphatic hydroxyl groups is 1. The second-order valence-electron chi connectivity index (χ2n) is 8.20. The molecule has 1 saturated carbocycles. The van der Waals surface area contributed by atoms with Crippen molar-refractivity contribution in [2.45, 2.75) is 64.5 Å². The van der Waals surface area contributed by atoms with E-state index in [1.165, 1.54) is 0 Å². The van der Waals surface area contributed by atoms with E-state index >= 15 is 0 Å². The number of esters is 1. The zero-order valence-electron chi connectivity index (χ0n) is 14.0. The number of rotatable bonds is 3. The van der Waals surface area contributed by atoms with Crippen LogP contribution < -0.4 is 0 Å². The molecule has 2 aliphatic rings. The Morgan fingerprint density at radius 1 is 1.48 bits per heavy atom. The highest BCUT2D eigenvalue weighted by Crippen LogP contribution is 2.52. The maximum Gasteiger partial charge on any atom is 0.314 e. The van der Waals surface area contributed by atoms with E-state index in [4.69, 9.17) is 9.16 Å². The Morgan fingerprint density at radius 3 is 2.52 bits per heavy atom. The van der Waals surface area contributed by atoms with Gasteiger partial charge in [-0.15, -0.1) is 0 Å². The van der Waals surface area contributed by atoms with Crippen molar-refractivity contribution in [2.24, 2.45) is 11.3 Å². The van der Waals surface area contributed by atoms with Gasteiger partial charge in [-0.1, -0.05) is 34.3 Å². The maximum atomic E-state index is 12.1. The van der Waals surface area contributed by atoms with Gasteiger partial charge in [-0.2, -0.15) is 0 Å². The Bertz CT molecular complexity index is 465. The van der Waals surface area contributed by atoms with E-state index in [1.54, 1.807) is 0 Å². The Labute approximate surface area is 128 Å². The van der Waals surface area contributed by atoms with Crippen LogP contribution in [0.2, 0.25) is 18.1 Å². The largest absolute Gasteiger partial charge is 0.461 e. The summed E-state index contributed by atoms with van der Waals surface area (Å²) >= 11 is 0. The molecule has 2 rings (SSSR count). The van der Waals surface area contributed by atoms with Gasteiger partial charge in [0.15, 0.2) is 8.32 Å². The van der Waals surface area contributed by atoms with Crippen LogP contribution in [0.25, 0.3) is 0 Å². The van der Waals surface area contributed by atoms with Crippen LogP contribution in [0.4, 0.5) is 0 Å². The molecule has 5 heteroatoms. The fraction of sp³-hybridized carbons (Fsp3) is 0.812. The molecule has 0 aromatic heterocycles. The monoisotopic (exact) mass is 312 g/mol. The van der Waals surface area contributed by atoms with Crippen LogP contribution in [0.15, 0.2) is 12.2 Å². The minimum absolute atomic E-state index is 0.0695. The topological polar surface area (TPSA) is 55.8 Å². The third-order valence-corrected chi connectivity index (χ3v) is 10.2. The minimum atomic E-state index is -1.93. The quantitative estimate of drug-likeness (QED) is 0.494. The zero-order chi connectivity index (χ0) is 16.2. The summed E-state index contributed by atoms with van der Waals surface area (Å²) in [6.45, 7) is 16.9. The molecule has 0 spiro atoms. The Kier molecular flexibility index (Phi) is 3.92. The van der Waals surface area contributed by atoms with Gasteiger partial charge in [0.1, 0.15) is 6.10 Å². The summed E-state index contributed by atoms with van der Waals surface area (Å²) in [5.41, 5.74) is 0.219. The number of hydrogen-bond donors (Lipinski definition) is 1. The standard InChI is InChI=1S/C16H28O4Si/c1-10-11(20-21(6,7)15(2,3)4)8-12-16(5,9-17)13(10)14(18)19-12/h11-13,17H,1,8-9H2,2-7H3/t11-,12+,13+,16-/m1/s1. The first-order valence-corrected chi connectivity index (χ1v) is 10.5. The van der Waals surface area contributed by atoms with Gasteiger partial charge in [-0.3, -0.25) is 4.79 Å². The van der Waals surface area contributed by atoms with E-state index in [0.717, 1.165) is 5.57 Å². The number of carbonyl (C=O) groups excluding carboxylic acids is 1. The van der Waals surface area contributed by atoms with Crippen molar-refractivity contribution in [2.75, 3.05) is 6.61 Å². The first kappa shape index (κ1) is 16.7. The van der Waals surface area contributed by atoms with Crippen LogP contribution in [0, 0.1) is 11.3 Å². The van der Waals surface area contributed by atoms with Crippen LogP contribution >= 0.6 is 0 Å². The number of carbonyl (C=O) groups is 1. The lowest BCUT2D eigenvalue weighted by Crippen LogP contribution is -2.51. The number of fused-ring (bicyclic) bond motifs is 2. The third kappa shape index (κ3) is 2.49. The molecular formula is C16H28O4Si. The molecule has 2 fully saturated rings. The van der Waals surface area contributed by atoms with Crippen molar-refractivity contribution in [3.05, 3.63) is 12.2 Å². The Balaban J connectivity index is 2.25. The van der Waals surface area contributed by atoms with E-state index in [1.807, 2.05) is 6.92 Å². The van der Waals surface area contributed by atoms with Crippen molar-refractivity contribution in [3.8, 4) is 0 Å². The Morgan fingerprint density at radius 2 is 2.05 bits per heavy atom. The first-order chi connectivity index (χ1) is 9.44. The zero-order valence-corrected chi connectivity index (χ0v) is 15.0. The summed E-state index contributed by atoms with van der Waals surface area (Å²) < 4.78 is 11.9. The molecule has 4 nitrogen and oxygen atoms in total. The molecule has 4 atom stereocenters. The lowest BCUT2D eigenvalue weighted by molar-refractivity contribution is -0.143. The second-order valence-corrected chi connectivity index (χ2v) is 13.0. The molecule has 2 bridgehead atoms. The predicted molar refractivity (Wildman–Crippen MR) is 84.4 cm³/mol. The number of ether oxygens (including phenoxy) is 1. The maximum absolute atomic E-state index is 12.1. The summed E-state index contributed by atoms with van der Waals surface area (Å²) in [4.78, 5) is 12.1. The van der Waals surface area contributed by atoms with Gasteiger partial charge in [0.2, 0.25) is 0 Å². The van der Waals surface area contributed by atoms with E-state index in [2.05, 4.69) is 40.4 Å². The molecule has 1 N–H and O–H groups in total. The fourth-order valence-corrected chi connectivity index (χ4v) is 4.38. The smallest absolute Gasteiger partial charge is 0.314 e. The van der Waals surface area contributed by atoms with Crippen molar-refractivity contribution < 1.29 is 19.1 Å². The van der Waals surface area contributed by atoms with Crippen LogP contribution in [0.3, 0.4) is 0 Å². The molecule has 0 amide bonds. The highest BCUT2D eigenvalue weighted by Gasteiger charge is 2.60. The minimum Gasteiger partial charge on any atom is -0.461 e. The predicted octanol–water partition coefficient (Wildman–Crippen LogP) is 2.88. The SMILES string of the molecule is C=C1[C@H]2C(=O)O[C@@H](C[C@H]1O[Si](C)(C)C(C)(C)C)[C@@]2(C)CO. The van der Waals surface area contributed by atoms with Crippen molar-refractivity contribution in [3.63, 3.8) is 0 Å². The first-order valence-electron chi connectivity index (χ1n) is 7.62. The molecule has 0 unspecified atom stereocenters. The normalized spacial score (nSPS) is 36.8. The molecule has 0 radical (unpaired) electrons. The van der Waals surface area contributed by atoms with Gasteiger partial charge in [-0.05, 0) is 23.7 Å². The molecule has 0 aromatic carbocycles. The molecule has 1 saturated heterocycles. The number of hydrogen-bond acceptors (Lipinski definition) is 4. The summed E-state index contributed by atoms with van der Waals surface area (Å²) in [7, 11) is -1.93. The average molecular weight is 312 g/mol. The summed E-state index contributed by atoms with van der Waals surface area (Å²) in [5, 5.41) is 9.82. The van der Waals surface area contributed by atoms with E-state index in [-0.39, 0.29) is 29.8 Å². The molecule has 1 aliphatic heterocycles. The molecular weight excluding hydrogens is 284 g/mol. The molecule has 120 valence electrons. The number of aliphatic hydroxyl groups excluding tert-OH is 1. The van der Waals surface area contributed by atoms with Crippen LogP contribution in [0.1, 0.15) is 34.1 Å². The van der Waals surface area contributed by atoms with Gasteiger partial charge in [0.25, 0.3) is 0 Å². The summed E-state index contributed by atoms with van der Waals surface area (Å²) in [6.07, 6.45) is 0.178. The average Bonchev–Trinajstić information content (AvgIpc) is 2.49. The highest BCUT2D eigenvalue weighted by molar-refractivity contribution is 6.74. The summed E-state index contributed by atoms with van der Waals surface area (Å²) in [5.74, 6) is -0.709. The van der Waals surface area contributed by atoms with Gasteiger partial charge >= 0.3 is 5.97 Å². The third-order valence-electron chi connectivity index (χ3n) is 5.69. The van der Waals surface area contributed by atoms with Gasteiger partial charge in [-0.25, -0.2) is 0 Å². The lowest BCUT2D eigenvalue weighted by atomic mass is 9.65. The molecule has 21 heavy (non-hydrogen) atoms. The lowest BCUT2D eigenvalue weighted by Gasteiger charge is -2.45. The van der Waals surface area contributed by atoms with E-state index in [9.17, 15) is 9.90 Å². The van der Waals surface area contributed by atoms with Crippen LogP contribution in [-0.2, 0) is 14.0 Å². The van der Waals surface area contributed by atoms with Crippen molar-refractivity contribution in [1.82, 2.24) is 0 Å². The fourth-order valence-electron chi connectivity index (χ4n) is 3.07. The van der Waals surface area contributed by atoms with Crippen LogP contribution in [0.5, 0.6) is 0 Å². The molecule has 0 aromatic rings. The highest BCUT2D eigenvalue weighted by atomic mass is 28.4. The van der Waals surface area contributed by atoms with Gasteiger partial charge in [0.05, 0.1) is 18.6 Å². The van der Waals surface area contributed by atoms with Gasteiger partial charge < -0.3 is 14.3 Å². The van der Waals surface area contributed by atoms with Crippen LogP contribution in [-0.4, -0.2) is 38.2 Å². The summed E-state index contributed by atoms with van der Waals surface area (Å²) in [6, 6.07) is 0.